The number of H-pyrrole nitrogens is 1. The van der Waals surface area contributed by atoms with Crippen molar-refractivity contribution in [2.24, 2.45) is 5.92 Å². The SMILES string of the molecule is CC(C)C(=O)Nc1nc2c(ncn2CCCCC=O)c(=O)[nH]1. The molecule has 22 heavy (non-hydrogen) atoms. The van der Waals surface area contributed by atoms with Gasteiger partial charge in [-0.25, -0.2) is 4.98 Å². The normalized spacial score (nSPS) is 11.0. The molecule has 2 rings (SSSR count). The van der Waals surface area contributed by atoms with Crippen molar-refractivity contribution in [1.82, 2.24) is 19.5 Å². The Balaban J connectivity index is 2.24. The summed E-state index contributed by atoms with van der Waals surface area (Å²) in [4.78, 5) is 44.8. The summed E-state index contributed by atoms with van der Waals surface area (Å²) in [7, 11) is 0. The van der Waals surface area contributed by atoms with Crippen LogP contribution in [0, 0.1) is 5.92 Å². The monoisotopic (exact) mass is 305 g/mol. The highest BCUT2D eigenvalue weighted by atomic mass is 16.2. The van der Waals surface area contributed by atoms with Crippen molar-refractivity contribution >= 4 is 29.3 Å². The summed E-state index contributed by atoms with van der Waals surface area (Å²) in [5, 5.41) is 2.57. The zero-order valence-electron chi connectivity index (χ0n) is 12.6. The molecule has 8 nitrogen and oxygen atoms in total. The molecule has 0 radical (unpaired) electrons. The van der Waals surface area contributed by atoms with Gasteiger partial charge in [0.2, 0.25) is 11.9 Å². The van der Waals surface area contributed by atoms with E-state index in [9.17, 15) is 14.4 Å². The molecule has 0 saturated heterocycles. The van der Waals surface area contributed by atoms with Crippen LogP contribution in [0.1, 0.15) is 33.1 Å². The zero-order chi connectivity index (χ0) is 16.1. The van der Waals surface area contributed by atoms with Gasteiger partial charge in [-0.15, -0.1) is 0 Å². The molecule has 0 aliphatic heterocycles. The smallest absolute Gasteiger partial charge is 0.280 e. The Hall–Kier alpha value is -2.51. The van der Waals surface area contributed by atoms with Crippen LogP contribution in [0.4, 0.5) is 5.95 Å². The van der Waals surface area contributed by atoms with Crippen molar-refractivity contribution in [2.45, 2.75) is 39.7 Å². The maximum atomic E-state index is 12.0. The lowest BCUT2D eigenvalue weighted by Crippen LogP contribution is -2.22. The molecule has 0 aliphatic carbocycles. The van der Waals surface area contributed by atoms with Gasteiger partial charge in [-0.3, -0.25) is 19.9 Å². The highest BCUT2D eigenvalue weighted by Crippen LogP contribution is 2.10. The largest absolute Gasteiger partial charge is 0.315 e. The van der Waals surface area contributed by atoms with Crippen LogP contribution in [0.5, 0.6) is 0 Å². The van der Waals surface area contributed by atoms with E-state index in [-0.39, 0.29) is 23.3 Å². The van der Waals surface area contributed by atoms with Crippen molar-refractivity contribution in [3.05, 3.63) is 16.7 Å². The van der Waals surface area contributed by atoms with E-state index in [0.29, 0.717) is 18.6 Å². The average molecular weight is 305 g/mol. The summed E-state index contributed by atoms with van der Waals surface area (Å²) in [5.41, 5.74) is 0.266. The van der Waals surface area contributed by atoms with E-state index < -0.39 is 5.56 Å². The molecular weight excluding hydrogens is 286 g/mol. The summed E-state index contributed by atoms with van der Waals surface area (Å²) in [6, 6.07) is 0. The number of amides is 1. The Morgan fingerprint density at radius 2 is 2.23 bits per heavy atom. The second kappa shape index (κ2) is 6.97. The lowest BCUT2D eigenvalue weighted by atomic mass is 10.2. The van der Waals surface area contributed by atoms with Gasteiger partial charge in [0.1, 0.15) is 6.29 Å². The predicted octanol–water partition coefficient (Wildman–Crippen LogP) is 1.08. The molecule has 2 aromatic heterocycles. The van der Waals surface area contributed by atoms with Crippen LogP contribution in [0.25, 0.3) is 11.2 Å². The van der Waals surface area contributed by atoms with E-state index in [1.807, 2.05) is 0 Å². The number of aldehydes is 1. The molecule has 2 aromatic rings. The number of anilines is 1. The first-order valence-corrected chi connectivity index (χ1v) is 7.22. The number of hydrogen-bond acceptors (Lipinski definition) is 5. The summed E-state index contributed by atoms with van der Waals surface area (Å²) in [5.74, 6) is -0.320. The average Bonchev–Trinajstić information content (AvgIpc) is 2.87. The quantitative estimate of drug-likeness (QED) is 0.587. The van der Waals surface area contributed by atoms with Gasteiger partial charge in [0.05, 0.1) is 6.33 Å². The molecule has 0 fully saturated rings. The zero-order valence-corrected chi connectivity index (χ0v) is 12.6. The van der Waals surface area contributed by atoms with E-state index in [0.717, 1.165) is 19.1 Å². The molecule has 0 bridgehead atoms. The second-order valence-corrected chi connectivity index (χ2v) is 5.33. The molecule has 0 unspecified atom stereocenters. The summed E-state index contributed by atoms with van der Waals surface area (Å²) in [6.45, 7) is 4.12. The van der Waals surface area contributed by atoms with Crippen LogP contribution in [-0.4, -0.2) is 31.7 Å². The number of carbonyl (C=O) groups is 2. The number of aromatic amines is 1. The number of carbonyl (C=O) groups excluding carboxylic acids is 2. The van der Waals surface area contributed by atoms with Crippen LogP contribution in [0.2, 0.25) is 0 Å². The summed E-state index contributed by atoms with van der Waals surface area (Å²) in [6.07, 6.45) is 4.49. The molecule has 0 aromatic carbocycles. The minimum Gasteiger partial charge on any atom is -0.315 e. The Morgan fingerprint density at radius 3 is 2.91 bits per heavy atom. The standard InChI is InChI=1S/C14H19N5O3/c1-9(2)12(21)17-14-16-11-10(13(22)18-14)15-8-19(11)6-4-3-5-7-20/h7-9H,3-6H2,1-2H3,(H2,16,17,18,21,22). The molecule has 118 valence electrons. The molecule has 1 amide bonds. The number of aromatic nitrogens is 4. The van der Waals surface area contributed by atoms with Crippen LogP contribution >= 0.6 is 0 Å². The van der Waals surface area contributed by atoms with Gasteiger partial charge in [0.25, 0.3) is 5.56 Å². The van der Waals surface area contributed by atoms with E-state index in [4.69, 9.17) is 0 Å². The van der Waals surface area contributed by atoms with Crippen LogP contribution in [0.15, 0.2) is 11.1 Å². The van der Waals surface area contributed by atoms with Gasteiger partial charge >= 0.3 is 0 Å². The Morgan fingerprint density at radius 1 is 1.45 bits per heavy atom. The van der Waals surface area contributed by atoms with E-state index in [2.05, 4.69) is 20.3 Å². The van der Waals surface area contributed by atoms with Gasteiger partial charge in [0, 0.05) is 18.9 Å². The maximum Gasteiger partial charge on any atom is 0.280 e. The lowest BCUT2D eigenvalue weighted by Gasteiger charge is -2.07. The Labute approximate surface area is 127 Å². The number of unbranched alkanes of at least 4 members (excludes halogenated alkanes) is 2. The highest BCUT2D eigenvalue weighted by Gasteiger charge is 2.13. The minimum atomic E-state index is -0.393. The van der Waals surface area contributed by atoms with Crippen molar-refractivity contribution in [2.75, 3.05) is 5.32 Å². The Kier molecular flexibility index (Phi) is 5.03. The third kappa shape index (κ3) is 3.57. The van der Waals surface area contributed by atoms with E-state index in [1.54, 1.807) is 24.7 Å². The summed E-state index contributed by atoms with van der Waals surface area (Å²) >= 11 is 0. The van der Waals surface area contributed by atoms with Gasteiger partial charge in [-0.1, -0.05) is 13.8 Å². The van der Waals surface area contributed by atoms with Gasteiger partial charge < -0.3 is 9.36 Å². The number of fused-ring (bicyclic) bond motifs is 1. The van der Waals surface area contributed by atoms with Crippen molar-refractivity contribution < 1.29 is 9.59 Å². The number of rotatable bonds is 7. The van der Waals surface area contributed by atoms with Crippen LogP contribution in [-0.2, 0) is 16.1 Å². The number of imidazole rings is 1. The number of hydrogen-bond donors (Lipinski definition) is 2. The first-order valence-electron chi connectivity index (χ1n) is 7.22. The maximum absolute atomic E-state index is 12.0. The fourth-order valence-electron chi connectivity index (χ4n) is 1.95. The van der Waals surface area contributed by atoms with Gasteiger partial charge in [0.15, 0.2) is 11.2 Å². The summed E-state index contributed by atoms with van der Waals surface area (Å²) < 4.78 is 1.75. The van der Waals surface area contributed by atoms with Crippen LogP contribution in [0.3, 0.4) is 0 Å². The molecule has 0 saturated carbocycles. The van der Waals surface area contributed by atoms with E-state index in [1.165, 1.54) is 0 Å². The second-order valence-electron chi connectivity index (χ2n) is 5.33. The van der Waals surface area contributed by atoms with E-state index >= 15 is 0 Å². The number of nitrogens with zero attached hydrogens (tertiary/aromatic N) is 3. The van der Waals surface area contributed by atoms with Crippen molar-refractivity contribution in [3.8, 4) is 0 Å². The highest BCUT2D eigenvalue weighted by molar-refractivity contribution is 5.91. The molecule has 2 N–H and O–H groups in total. The minimum absolute atomic E-state index is 0.117. The van der Waals surface area contributed by atoms with Gasteiger partial charge in [-0.2, -0.15) is 4.98 Å². The number of aryl methyl sites for hydroxylation is 1. The topological polar surface area (TPSA) is 110 Å². The molecule has 0 aliphatic rings. The number of nitrogens with one attached hydrogen (secondary N) is 2. The fourth-order valence-corrected chi connectivity index (χ4v) is 1.95. The first-order chi connectivity index (χ1) is 10.5. The molecular formula is C14H19N5O3. The van der Waals surface area contributed by atoms with Crippen molar-refractivity contribution in [3.63, 3.8) is 0 Å². The fraction of sp³-hybridized carbons (Fsp3) is 0.500. The van der Waals surface area contributed by atoms with Gasteiger partial charge in [-0.05, 0) is 12.8 Å². The third-order valence-electron chi connectivity index (χ3n) is 3.21. The predicted molar refractivity (Wildman–Crippen MR) is 81.5 cm³/mol. The molecule has 2 heterocycles. The van der Waals surface area contributed by atoms with Crippen LogP contribution < -0.4 is 10.9 Å². The molecule has 0 atom stereocenters. The molecule has 0 spiro atoms. The first kappa shape index (κ1) is 15.9. The lowest BCUT2D eigenvalue weighted by molar-refractivity contribution is -0.119. The third-order valence-corrected chi connectivity index (χ3v) is 3.21. The van der Waals surface area contributed by atoms with Crippen molar-refractivity contribution in [1.29, 1.82) is 0 Å². The Bertz CT molecular complexity index is 732. The molecule has 8 heteroatoms.